The lowest BCUT2D eigenvalue weighted by Gasteiger charge is -2.25. The first kappa shape index (κ1) is 30.7. The SMILES string of the molecule is CCOc1cc(C=c2sc3n(c2=O)C(c2ccc(OC)cc2)C(C(=O)OC(C)C)=C(C)N=3)ccc1OCc1ccc(F)cc1. The van der Waals surface area contributed by atoms with E-state index in [2.05, 4.69) is 4.99 Å². The maximum Gasteiger partial charge on any atom is 0.338 e. The number of ether oxygens (including phenoxy) is 4. The summed E-state index contributed by atoms with van der Waals surface area (Å²) in [7, 11) is 1.58. The first-order chi connectivity index (χ1) is 21.2. The van der Waals surface area contributed by atoms with Crippen molar-refractivity contribution in [2.75, 3.05) is 13.7 Å². The number of benzene rings is 3. The normalized spacial score (nSPS) is 14.7. The number of hydrogen-bond donors (Lipinski definition) is 0. The number of hydrogen-bond acceptors (Lipinski definition) is 8. The number of fused-ring (bicyclic) bond motifs is 1. The van der Waals surface area contributed by atoms with Crippen LogP contribution < -0.4 is 29.1 Å². The fourth-order valence-corrected chi connectivity index (χ4v) is 5.90. The van der Waals surface area contributed by atoms with Gasteiger partial charge in [0.15, 0.2) is 16.3 Å². The molecule has 0 aliphatic carbocycles. The van der Waals surface area contributed by atoms with E-state index in [4.69, 9.17) is 18.9 Å². The summed E-state index contributed by atoms with van der Waals surface area (Å²) in [6.07, 6.45) is 1.43. The molecule has 0 radical (unpaired) electrons. The van der Waals surface area contributed by atoms with Crippen LogP contribution in [-0.4, -0.2) is 30.4 Å². The first-order valence-electron chi connectivity index (χ1n) is 14.2. The Labute approximate surface area is 258 Å². The lowest BCUT2D eigenvalue weighted by atomic mass is 9.96. The van der Waals surface area contributed by atoms with Crippen molar-refractivity contribution in [1.29, 1.82) is 0 Å². The maximum atomic E-state index is 14.0. The third-order valence-electron chi connectivity index (χ3n) is 6.89. The molecule has 0 amide bonds. The molecule has 228 valence electrons. The molecule has 0 N–H and O–H groups in total. The molecular weight excluding hydrogens is 583 g/mol. The second-order valence-corrected chi connectivity index (χ2v) is 11.4. The van der Waals surface area contributed by atoms with E-state index >= 15 is 0 Å². The average molecular weight is 617 g/mol. The zero-order valence-electron chi connectivity index (χ0n) is 25.1. The summed E-state index contributed by atoms with van der Waals surface area (Å²) < 4.78 is 38.0. The van der Waals surface area contributed by atoms with E-state index in [-0.39, 0.29) is 24.1 Å². The summed E-state index contributed by atoms with van der Waals surface area (Å²) in [5.41, 5.74) is 2.78. The Kier molecular flexibility index (Phi) is 9.29. The molecule has 10 heteroatoms. The van der Waals surface area contributed by atoms with Gasteiger partial charge in [0.05, 0.1) is 41.7 Å². The molecular formula is C34H33FN2O6S. The van der Waals surface area contributed by atoms with Crippen molar-refractivity contribution in [2.24, 2.45) is 4.99 Å². The molecule has 44 heavy (non-hydrogen) atoms. The predicted octanol–water partition coefficient (Wildman–Crippen LogP) is 5.31. The Morgan fingerprint density at radius 3 is 2.43 bits per heavy atom. The van der Waals surface area contributed by atoms with Crippen LogP contribution in [-0.2, 0) is 16.1 Å². The Morgan fingerprint density at radius 2 is 1.77 bits per heavy atom. The number of nitrogens with zero attached hydrogens (tertiary/aromatic N) is 2. The molecule has 1 aliphatic heterocycles. The zero-order chi connectivity index (χ0) is 31.4. The summed E-state index contributed by atoms with van der Waals surface area (Å²) >= 11 is 1.24. The van der Waals surface area contributed by atoms with Crippen LogP contribution in [0.1, 0.15) is 50.4 Å². The topological polar surface area (TPSA) is 88.4 Å². The number of rotatable bonds is 10. The summed E-state index contributed by atoms with van der Waals surface area (Å²) in [5, 5.41) is 0. The average Bonchev–Trinajstić information content (AvgIpc) is 3.30. The highest BCUT2D eigenvalue weighted by Crippen LogP contribution is 2.32. The first-order valence-corrected chi connectivity index (χ1v) is 15.0. The fourth-order valence-electron chi connectivity index (χ4n) is 4.86. The van der Waals surface area contributed by atoms with Gasteiger partial charge in [0, 0.05) is 0 Å². The predicted molar refractivity (Wildman–Crippen MR) is 166 cm³/mol. The second kappa shape index (κ2) is 13.3. The molecule has 0 saturated heterocycles. The van der Waals surface area contributed by atoms with Gasteiger partial charge in [-0.1, -0.05) is 41.7 Å². The zero-order valence-corrected chi connectivity index (χ0v) is 25.9. The van der Waals surface area contributed by atoms with Crippen molar-refractivity contribution in [2.45, 2.75) is 46.4 Å². The van der Waals surface area contributed by atoms with Crippen molar-refractivity contribution in [3.05, 3.63) is 120 Å². The number of allylic oxidation sites excluding steroid dienone is 1. The molecule has 1 aliphatic rings. The van der Waals surface area contributed by atoms with Crippen LogP contribution in [0.3, 0.4) is 0 Å². The van der Waals surface area contributed by atoms with Crippen LogP contribution >= 0.6 is 11.3 Å². The van der Waals surface area contributed by atoms with Gasteiger partial charge < -0.3 is 18.9 Å². The molecule has 4 aromatic rings. The summed E-state index contributed by atoms with van der Waals surface area (Å²) in [4.78, 5) is 32.4. The Hall–Kier alpha value is -4.70. The third kappa shape index (κ3) is 6.60. The van der Waals surface area contributed by atoms with E-state index in [1.807, 2.05) is 25.1 Å². The molecule has 8 nitrogen and oxygen atoms in total. The molecule has 1 atom stereocenters. The highest BCUT2D eigenvalue weighted by molar-refractivity contribution is 7.07. The van der Waals surface area contributed by atoms with Crippen molar-refractivity contribution in [3.8, 4) is 17.2 Å². The van der Waals surface area contributed by atoms with Gasteiger partial charge in [0.1, 0.15) is 18.2 Å². The quantitative estimate of drug-likeness (QED) is 0.225. The number of carbonyl (C=O) groups is 1. The molecule has 0 saturated carbocycles. The van der Waals surface area contributed by atoms with Crippen molar-refractivity contribution in [3.63, 3.8) is 0 Å². The molecule has 0 bridgehead atoms. The van der Waals surface area contributed by atoms with Crippen molar-refractivity contribution in [1.82, 2.24) is 4.57 Å². The van der Waals surface area contributed by atoms with Crippen LogP contribution in [0.4, 0.5) is 4.39 Å². The number of thiazole rings is 1. The van der Waals surface area contributed by atoms with Crippen LogP contribution in [0, 0.1) is 5.82 Å². The van der Waals surface area contributed by atoms with Gasteiger partial charge >= 0.3 is 5.97 Å². The van der Waals surface area contributed by atoms with E-state index in [9.17, 15) is 14.0 Å². The van der Waals surface area contributed by atoms with Gasteiger partial charge in [0.25, 0.3) is 5.56 Å². The highest BCUT2D eigenvalue weighted by atomic mass is 32.1. The van der Waals surface area contributed by atoms with E-state index in [0.29, 0.717) is 44.5 Å². The van der Waals surface area contributed by atoms with E-state index in [0.717, 1.165) is 16.7 Å². The van der Waals surface area contributed by atoms with Gasteiger partial charge in [-0.05, 0) is 86.9 Å². The smallest absolute Gasteiger partial charge is 0.338 e. The van der Waals surface area contributed by atoms with Gasteiger partial charge in [-0.2, -0.15) is 0 Å². The number of methoxy groups -OCH3 is 1. The molecule has 0 fully saturated rings. The minimum absolute atomic E-state index is 0.241. The Bertz CT molecular complexity index is 1870. The maximum absolute atomic E-state index is 14.0. The van der Waals surface area contributed by atoms with E-state index in [1.165, 1.54) is 23.5 Å². The van der Waals surface area contributed by atoms with Crippen LogP contribution in [0.25, 0.3) is 6.08 Å². The Morgan fingerprint density at radius 1 is 1.05 bits per heavy atom. The summed E-state index contributed by atoms with van der Waals surface area (Å²) in [6.45, 7) is 7.84. The molecule has 5 rings (SSSR count). The highest BCUT2D eigenvalue weighted by Gasteiger charge is 2.33. The fraction of sp³-hybridized carbons (Fsp3) is 0.265. The van der Waals surface area contributed by atoms with Crippen LogP contribution in [0.15, 0.2) is 87.8 Å². The van der Waals surface area contributed by atoms with Gasteiger partial charge in [-0.25, -0.2) is 14.2 Å². The minimum atomic E-state index is -0.730. The molecule has 3 aromatic carbocycles. The van der Waals surface area contributed by atoms with Crippen molar-refractivity contribution >= 4 is 23.4 Å². The molecule has 0 spiro atoms. The second-order valence-electron chi connectivity index (χ2n) is 10.4. The van der Waals surface area contributed by atoms with Gasteiger partial charge in [-0.3, -0.25) is 9.36 Å². The summed E-state index contributed by atoms with van der Waals surface area (Å²) in [6, 6.07) is 18.0. The standard InChI is InChI=1S/C34H33FN2O6S/c1-6-41-28-17-23(9-16-27(28)42-19-22-7-12-25(35)13-8-22)18-29-32(38)37-31(24-10-14-26(40-5)15-11-24)30(33(39)43-20(2)3)21(4)36-34(37)44-29/h7-18,20,31H,6,19H2,1-5H3. The van der Waals surface area contributed by atoms with Crippen LogP contribution in [0.5, 0.6) is 17.2 Å². The largest absolute Gasteiger partial charge is 0.497 e. The van der Waals surface area contributed by atoms with E-state index < -0.39 is 12.0 Å². The molecule has 2 heterocycles. The molecule has 1 aromatic heterocycles. The van der Waals surface area contributed by atoms with Gasteiger partial charge in [0.2, 0.25) is 0 Å². The number of halogens is 1. The third-order valence-corrected chi connectivity index (χ3v) is 7.87. The molecule has 1 unspecified atom stereocenters. The lowest BCUT2D eigenvalue weighted by Crippen LogP contribution is -2.40. The van der Waals surface area contributed by atoms with Gasteiger partial charge in [-0.15, -0.1) is 0 Å². The number of esters is 1. The lowest BCUT2D eigenvalue weighted by molar-refractivity contribution is -0.143. The monoisotopic (exact) mass is 616 g/mol. The number of aromatic nitrogens is 1. The van der Waals surface area contributed by atoms with E-state index in [1.54, 1.807) is 74.9 Å². The van der Waals surface area contributed by atoms with Crippen molar-refractivity contribution < 1.29 is 28.1 Å². The summed E-state index contributed by atoms with van der Waals surface area (Å²) in [5.74, 6) is 0.868. The van der Waals surface area contributed by atoms with Crippen LogP contribution in [0.2, 0.25) is 0 Å². The number of carbonyl (C=O) groups excluding carboxylic acids is 1. The Balaban J connectivity index is 1.55. The minimum Gasteiger partial charge on any atom is -0.497 e.